The highest BCUT2D eigenvalue weighted by Crippen LogP contribution is 2.34. The molecule has 94 valence electrons. The Balaban J connectivity index is 1.96. The maximum Gasteiger partial charge on any atom is 0.124 e. The summed E-state index contributed by atoms with van der Waals surface area (Å²) in [6, 6.07) is 6.89. The molecule has 18 heavy (non-hydrogen) atoms. The van der Waals surface area contributed by atoms with Crippen molar-refractivity contribution in [3.63, 3.8) is 0 Å². The number of nitrogens with zero attached hydrogens (tertiary/aromatic N) is 2. The van der Waals surface area contributed by atoms with E-state index in [4.69, 9.17) is 10.00 Å². The molecule has 1 saturated heterocycles. The van der Waals surface area contributed by atoms with Crippen molar-refractivity contribution in [2.75, 3.05) is 18.1 Å². The molecule has 0 aromatic heterocycles. The number of morpholine rings is 1. The number of anilines is 1. The lowest BCUT2D eigenvalue weighted by Crippen LogP contribution is -2.48. The zero-order valence-electron chi connectivity index (χ0n) is 10.1. The van der Waals surface area contributed by atoms with Crippen LogP contribution in [0.25, 0.3) is 0 Å². The quantitative estimate of drug-likeness (QED) is 0.763. The molecule has 1 saturated carbocycles. The summed E-state index contributed by atoms with van der Waals surface area (Å²) in [4.78, 5) is 2.22. The maximum atomic E-state index is 13.2. The van der Waals surface area contributed by atoms with Gasteiger partial charge >= 0.3 is 0 Å². The molecule has 1 aliphatic carbocycles. The van der Waals surface area contributed by atoms with Crippen LogP contribution in [0.5, 0.6) is 0 Å². The first-order valence-electron chi connectivity index (χ1n) is 6.37. The van der Waals surface area contributed by atoms with Crippen molar-refractivity contribution < 1.29 is 9.13 Å². The predicted octanol–water partition coefficient (Wildman–Crippen LogP) is 2.46. The Kier molecular flexibility index (Phi) is 2.92. The highest BCUT2D eigenvalue weighted by molar-refractivity contribution is 5.60. The number of ether oxygens (including phenoxy) is 1. The van der Waals surface area contributed by atoms with Gasteiger partial charge in [-0.05, 0) is 37.5 Å². The summed E-state index contributed by atoms with van der Waals surface area (Å²) in [5.74, 6) is -0.355. The molecule has 4 heteroatoms. The van der Waals surface area contributed by atoms with E-state index in [1.165, 1.54) is 12.1 Å². The Bertz CT molecular complexity index is 497. The minimum absolute atomic E-state index is 0.273. The Morgan fingerprint density at radius 1 is 1.39 bits per heavy atom. The van der Waals surface area contributed by atoms with Gasteiger partial charge in [-0.3, -0.25) is 0 Å². The second kappa shape index (κ2) is 4.58. The Morgan fingerprint density at radius 2 is 2.28 bits per heavy atom. The van der Waals surface area contributed by atoms with E-state index >= 15 is 0 Å². The number of nitriles is 1. The number of halogens is 1. The van der Waals surface area contributed by atoms with Crippen LogP contribution in [0, 0.1) is 17.1 Å². The van der Waals surface area contributed by atoms with Gasteiger partial charge < -0.3 is 9.64 Å². The molecule has 1 aromatic rings. The number of hydrogen-bond donors (Lipinski definition) is 0. The standard InChI is InChI=1S/C14H15FN2O/c15-11-4-5-12(10(8-11)9-16)17-6-7-18-14-3-1-2-13(14)17/h4-5,8,13-14H,1-3,6-7H2. The van der Waals surface area contributed by atoms with Gasteiger partial charge in [0.2, 0.25) is 0 Å². The molecule has 0 amide bonds. The molecule has 0 spiro atoms. The molecule has 3 nitrogen and oxygen atoms in total. The van der Waals surface area contributed by atoms with E-state index in [0.29, 0.717) is 18.2 Å². The zero-order valence-corrected chi connectivity index (χ0v) is 10.1. The van der Waals surface area contributed by atoms with Crippen LogP contribution in [-0.4, -0.2) is 25.3 Å². The smallest absolute Gasteiger partial charge is 0.124 e. The van der Waals surface area contributed by atoms with E-state index in [2.05, 4.69) is 11.0 Å². The van der Waals surface area contributed by atoms with Crippen molar-refractivity contribution in [1.82, 2.24) is 0 Å². The largest absolute Gasteiger partial charge is 0.374 e. The average molecular weight is 246 g/mol. The minimum Gasteiger partial charge on any atom is -0.374 e. The molecule has 2 fully saturated rings. The van der Waals surface area contributed by atoms with Gasteiger partial charge in [0.1, 0.15) is 11.9 Å². The lowest BCUT2D eigenvalue weighted by Gasteiger charge is -2.39. The van der Waals surface area contributed by atoms with Crippen LogP contribution >= 0.6 is 0 Å². The molecule has 3 rings (SSSR count). The number of rotatable bonds is 1. The summed E-state index contributed by atoms with van der Waals surface area (Å²) in [6.07, 6.45) is 3.61. The molecule has 1 heterocycles. The molecule has 0 bridgehead atoms. The molecular formula is C14H15FN2O. The zero-order chi connectivity index (χ0) is 12.5. The number of fused-ring (bicyclic) bond motifs is 1. The van der Waals surface area contributed by atoms with Gasteiger partial charge in [0.25, 0.3) is 0 Å². The van der Waals surface area contributed by atoms with Crippen molar-refractivity contribution >= 4 is 5.69 Å². The Morgan fingerprint density at radius 3 is 3.11 bits per heavy atom. The first-order valence-corrected chi connectivity index (χ1v) is 6.37. The maximum absolute atomic E-state index is 13.2. The van der Waals surface area contributed by atoms with Crippen LogP contribution in [-0.2, 0) is 4.74 Å². The van der Waals surface area contributed by atoms with Gasteiger partial charge in [0, 0.05) is 6.54 Å². The van der Waals surface area contributed by atoms with Gasteiger partial charge in [-0.2, -0.15) is 5.26 Å². The van der Waals surface area contributed by atoms with Gasteiger partial charge in [-0.25, -0.2) is 4.39 Å². The van der Waals surface area contributed by atoms with E-state index in [1.807, 2.05) is 0 Å². The van der Waals surface area contributed by atoms with Crippen molar-refractivity contribution in [3.8, 4) is 6.07 Å². The topological polar surface area (TPSA) is 36.3 Å². The summed E-state index contributed by atoms with van der Waals surface area (Å²) < 4.78 is 18.9. The van der Waals surface area contributed by atoms with Gasteiger partial charge in [-0.1, -0.05) is 0 Å². The molecule has 1 aliphatic heterocycles. The van der Waals surface area contributed by atoms with E-state index in [1.54, 1.807) is 6.07 Å². The van der Waals surface area contributed by atoms with Crippen LogP contribution in [0.3, 0.4) is 0 Å². The van der Waals surface area contributed by atoms with Crippen molar-refractivity contribution in [3.05, 3.63) is 29.6 Å². The summed E-state index contributed by atoms with van der Waals surface area (Å²) >= 11 is 0. The first kappa shape index (κ1) is 11.5. The highest BCUT2D eigenvalue weighted by Gasteiger charge is 2.36. The lowest BCUT2D eigenvalue weighted by atomic mass is 10.1. The SMILES string of the molecule is N#Cc1cc(F)ccc1N1CCOC2CCCC21. The third-order valence-electron chi connectivity index (χ3n) is 3.87. The summed E-state index contributed by atoms with van der Waals surface area (Å²) in [7, 11) is 0. The van der Waals surface area contributed by atoms with Crippen LogP contribution in [0.4, 0.5) is 10.1 Å². The van der Waals surface area contributed by atoms with E-state index in [9.17, 15) is 4.39 Å². The van der Waals surface area contributed by atoms with Crippen molar-refractivity contribution in [1.29, 1.82) is 5.26 Å². The lowest BCUT2D eigenvalue weighted by molar-refractivity contribution is 0.0256. The molecule has 2 aliphatic rings. The average Bonchev–Trinajstić information content (AvgIpc) is 2.86. The fraction of sp³-hybridized carbons (Fsp3) is 0.500. The van der Waals surface area contributed by atoms with Crippen molar-refractivity contribution in [2.45, 2.75) is 31.4 Å². The van der Waals surface area contributed by atoms with E-state index in [0.717, 1.165) is 31.5 Å². The molecule has 2 atom stereocenters. The number of hydrogen-bond acceptors (Lipinski definition) is 3. The van der Waals surface area contributed by atoms with Crippen molar-refractivity contribution in [2.24, 2.45) is 0 Å². The monoisotopic (exact) mass is 246 g/mol. The van der Waals surface area contributed by atoms with E-state index < -0.39 is 0 Å². The second-order valence-electron chi connectivity index (χ2n) is 4.87. The highest BCUT2D eigenvalue weighted by atomic mass is 19.1. The van der Waals surface area contributed by atoms with Gasteiger partial charge in [0.05, 0.1) is 30.0 Å². The van der Waals surface area contributed by atoms with Crippen LogP contribution in [0.2, 0.25) is 0 Å². The fourth-order valence-electron chi connectivity index (χ4n) is 3.07. The second-order valence-corrected chi connectivity index (χ2v) is 4.87. The molecule has 1 aromatic carbocycles. The summed E-state index contributed by atoms with van der Waals surface area (Å²) in [5, 5.41) is 9.14. The molecular weight excluding hydrogens is 231 g/mol. The summed E-state index contributed by atoms with van der Waals surface area (Å²) in [5.41, 5.74) is 1.27. The third-order valence-corrected chi connectivity index (χ3v) is 3.87. The minimum atomic E-state index is -0.355. The van der Waals surface area contributed by atoms with Crippen LogP contribution in [0.15, 0.2) is 18.2 Å². The molecule has 0 radical (unpaired) electrons. The van der Waals surface area contributed by atoms with Crippen LogP contribution in [0.1, 0.15) is 24.8 Å². The summed E-state index contributed by atoms with van der Waals surface area (Å²) in [6.45, 7) is 1.46. The number of benzene rings is 1. The molecule has 0 N–H and O–H groups in total. The Labute approximate surface area is 106 Å². The van der Waals surface area contributed by atoms with Gasteiger partial charge in [0.15, 0.2) is 0 Å². The van der Waals surface area contributed by atoms with Gasteiger partial charge in [-0.15, -0.1) is 0 Å². The first-order chi connectivity index (χ1) is 8.79. The fourth-order valence-corrected chi connectivity index (χ4v) is 3.07. The van der Waals surface area contributed by atoms with E-state index in [-0.39, 0.29) is 11.9 Å². The normalized spacial score (nSPS) is 26.8. The predicted molar refractivity (Wildman–Crippen MR) is 65.8 cm³/mol. The molecule has 2 unspecified atom stereocenters. The van der Waals surface area contributed by atoms with Crippen LogP contribution < -0.4 is 4.90 Å². The third kappa shape index (κ3) is 1.85. The Hall–Kier alpha value is -1.60.